The predicted molar refractivity (Wildman–Crippen MR) is 148 cm³/mol. The Morgan fingerprint density at radius 2 is 1.26 bits per heavy atom. The summed E-state index contributed by atoms with van der Waals surface area (Å²) in [4.78, 5) is 11.9. The van der Waals surface area contributed by atoms with Crippen LogP contribution in [-0.2, 0) is 0 Å². The molecule has 6 heteroatoms. The Morgan fingerprint density at radius 3 is 1.83 bits per heavy atom. The average molecular weight is 477 g/mol. The maximum absolute atomic E-state index is 9.57. The third-order valence-corrected chi connectivity index (χ3v) is 5.97. The summed E-state index contributed by atoms with van der Waals surface area (Å²) in [6.45, 7) is 0.379. The quantitative estimate of drug-likeness (QED) is 0.286. The number of anilines is 2. The van der Waals surface area contributed by atoms with Gasteiger partial charge in [0.1, 0.15) is 0 Å². The Bertz CT molecular complexity index is 1440. The van der Waals surface area contributed by atoms with E-state index in [0.29, 0.717) is 11.7 Å². The minimum absolute atomic E-state index is 0.0113. The van der Waals surface area contributed by atoms with Gasteiger partial charge in [-0.3, -0.25) is 0 Å². The van der Waals surface area contributed by atoms with Crippen LogP contribution in [0.1, 0.15) is 0 Å². The highest BCUT2D eigenvalue weighted by Crippen LogP contribution is 2.31. The fourth-order valence-electron chi connectivity index (χ4n) is 3.97. The minimum atomic E-state index is -0.0113. The van der Waals surface area contributed by atoms with E-state index in [4.69, 9.17) is 22.2 Å². The molecule has 35 heavy (non-hydrogen) atoms. The third kappa shape index (κ3) is 5.04. The Hall–Kier alpha value is -4.13. The zero-order valence-electron chi connectivity index (χ0n) is 19.0. The smallest absolute Gasteiger partial charge is 0.178 e. The van der Waals surface area contributed by atoms with E-state index in [0.717, 1.165) is 44.9 Å². The fraction of sp³-hybridized carbons (Fsp3) is 0.0690. The number of benzene rings is 4. The molecule has 0 fully saturated rings. The maximum Gasteiger partial charge on any atom is 0.178 e. The van der Waals surface area contributed by atoms with Crippen molar-refractivity contribution in [3.63, 3.8) is 0 Å². The molecule has 2 N–H and O–H groups in total. The summed E-state index contributed by atoms with van der Waals surface area (Å²) >= 11 is 5.68. The Kier molecular flexibility index (Phi) is 6.75. The van der Waals surface area contributed by atoms with Crippen molar-refractivity contribution < 1.29 is 5.11 Å². The fourth-order valence-corrected chi connectivity index (χ4v) is 4.29. The van der Waals surface area contributed by atoms with E-state index in [2.05, 4.69) is 17.4 Å². The van der Waals surface area contributed by atoms with E-state index in [1.54, 1.807) is 0 Å². The number of aromatic nitrogens is 2. The summed E-state index contributed by atoms with van der Waals surface area (Å²) in [5, 5.41) is 13.4. The largest absolute Gasteiger partial charge is 0.395 e. The number of nitrogens with one attached hydrogen (secondary N) is 1. The average Bonchev–Trinajstić information content (AvgIpc) is 2.92. The van der Waals surface area contributed by atoms with Crippen molar-refractivity contribution in [1.82, 2.24) is 9.97 Å². The molecule has 5 nitrogen and oxygen atoms in total. The number of aliphatic hydroxyl groups is 1. The summed E-state index contributed by atoms with van der Waals surface area (Å²) < 4.78 is 0. The van der Waals surface area contributed by atoms with E-state index >= 15 is 0 Å². The lowest BCUT2D eigenvalue weighted by Crippen LogP contribution is -2.36. The van der Waals surface area contributed by atoms with Gasteiger partial charge in [-0.1, -0.05) is 78.9 Å². The molecular formula is C29H24N4OS. The summed E-state index contributed by atoms with van der Waals surface area (Å²) in [5.41, 5.74) is 6.99. The monoisotopic (exact) mass is 476 g/mol. The Labute approximate surface area is 209 Å². The molecule has 0 spiro atoms. The second-order valence-electron chi connectivity index (χ2n) is 8.00. The minimum Gasteiger partial charge on any atom is -0.395 e. The van der Waals surface area contributed by atoms with Gasteiger partial charge >= 0.3 is 0 Å². The third-order valence-electron chi connectivity index (χ3n) is 5.65. The zero-order chi connectivity index (χ0) is 24.0. The normalized spacial score (nSPS) is 10.8. The molecule has 0 saturated heterocycles. The van der Waals surface area contributed by atoms with Crippen LogP contribution in [-0.4, -0.2) is 33.3 Å². The number of nitrogens with zero attached hydrogens (tertiary/aromatic N) is 3. The Balaban J connectivity index is 1.53. The summed E-state index contributed by atoms with van der Waals surface area (Å²) in [5.74, 6) is 0. The highest BCUT2D eigenvalue weighted by atomic mass is 32.1. The number of thiocarbonyl (C=S) groups is 1. The summed E-state index contributed by atoms with van der Waals surface area (Å²) in [6, 6.07) is 35.9. The molecule has 5 aromatic rings. The topological polar surface area (TPSA) is 61.3 Å². The molecular weight excluding hydrogens is 452 g/mol. The molecule has 0 aliphatic heterocycles. The first-order valence-corrected chi connectivity index (χ1v) is 11.8. The highest BCUT2D eigenvalue weighted by molar-refractivity contribution is 7.80. The molecule has 0 radical (unpaired) electrons. The van der Waals surface area contributed by atoms with Crippen molar-refractivity contribution in [2.24, 2.45) is 0 Å². The van der Waals surface area contributed by atoms with Crippen LogP contribution in [0.4, 0.5) is 11.4 Å². The standard InChI is InChI=1S/C29H24N4OS/c34-19-18-33(24-14-8-3-9-15-24)29(35)30-23-16-17-25-26(20-23)32-28(22-12-6-2-7-13-22)27(31-25)21-10-4-1-5-11-21/h1-17,20,34H,18-19H2,(H,30,35). The van der Waals surface area contributed by atoms with E-state index in [9.17, 15) is 5.11 Å². The number of para-hydroxylation sites is 1. The molecule has 0 bridgehead atoms. The van der Waals surface area contributed by atoms with E-state index < -0.39 is 0 Å². The number of hydrogen-bond acceptors (Lipinski definition) is 4. The number of aliphatic hydroxyl groups excluding tert-OH is 1. The van der Waals surface area contributed by atoms with Crippen LogP contribution < -0.4 is 10.2 Å². The van der Waals surface area contributed by atoms with Crippen molar-refractivity contribution >= 4 is 39.7 Å². The van der Waals surface area contributed by atoms with Crippen LogP contribution in [0.2, 0.25) is 0 Å². The van der Waals surface area contributed by atoms with Crippen LogP contribution >= 0.6 is 12.2 Å². The molecule has 0 saturated carbocycles. The molecule has 172 valence electrons. The van der Waals surface area contributed by atoms with Crippen LogP contribution in [0, 0.1) is 0 Å². The molecule has 5 rings (SSSR count). The van der Waals surface area contributed by atoms with Gasteiger partial charge < -0.3 is 15.3 Å². The van der Waals surface area contributed by atoms with Crippen molar-refractivity contribution in [2.45, 2.75) is 0 Å². The number of fused-ring (bicyclic) bond motifs is 1. The van der Waals surface area contributed by atoms with Crippen molar-refractivity contribution in [3.8, 4) is 22.5 Å². The second-order valence-corrected chi connectivity index (χ2v) is 8.38. The summed E-state index contributed by atoms with van der Waals surface area (Å²) in [7, 11) is 0. The van der Waals surface area contributed by atoms with Gasteiger partial charge in [0.05, 0.1) is 29.0 Å². The van der Waals surface area contributed by atoms with Crippen molar-refractivity contribution in [2.75, 3.05) is 23.4 Å². The van der Waals surface area contributed by atoms with Crippen molar-refractivity contribution in [1.29, 1.82) is 0 Å². The SMILES string of the molecule is OCCN(C(=S)Nc1ccc2nc(-c3ccccc3)c(-c3ccccc3)nc2c1)c1ccccc1. The number of rotatable bonds is 6. The van der Waals surface area contributed by atoms with Crippen LogP contribution in [0.3, 0.4) is 0 Å². The molecule has 0 aliphatic rings. The van der Waals surface area contributed by atoms with Gasteiger partial charge in [-0.15, -0.1) is 0 Å². The van der Waals surface area contributed by atoms with E-state index in [1.807, 2.05) is 102 Å². The molecule has 0 atom stereocenters. The van der Waals surface area contributed by atoms with Gasteiger partial charge in [0, 0.05) is 29.0 Å². The lowest BCUT2D eigenvalue weighted by Gasteiger charge is -2.25. The second kappa shape index (κ2) is 10.4. The van der Waals surface area contributed by atoms with Gasteiger partial charge in [0.15, 0.2) is 5.11 Å². The lowest BCUT2D eigenvalue weighted by atomic mass is 10.0. The first kappa shape index (κ1) is 22.7. The Morgan fingerprint density at radius 1 is 0.714 bits per heavy atom. The zero-order valence-corrected chi connectivity index (χ0v) is 19.8. The van der Waals surface area contributed by atoms with Crippen molar-refractivity contribution in [3.05, 3.63) is 109 Å². The van der Waals surface area contributed by atoms with Gasteiger partial charge in [-0.2, -0.15) is 0 Å². The van der Waals surface area contributed by atoms with E-state index in [-0.39, 0.29) is 6.61 Å². The lowest BCUT2D eigenvalue weighted by molar-refractivity contribution is 0.306. The predicted octanol–water partition coefficient (Wildman–Crippen LogP) is 6.16. The molecule has 0 aliphatic carbocycles. The van der Waals surface area contributed by atoms with Gasteiger partial charge in [0.2, 0.25) is 0 Å². The van der Waals surface area contributed by atoms with Gasteiger partial charge in [-0.05, 0) is 42.5 Å². The molecule has 1 heterocycles. The molecule has 0 amide bonds. The van der Waals surface area contributed by atoms with E-state index in [1.165, 1.54) is 0 Å². The highest BCUT2D eigenvalue weighted by Gasteiger charge is 2.15. The molecule has 4 aromatic carbocycles. The molecule has 0 unspecified atom stereocenters. The van der Waals surface area contributed by atoms with Gasteiger partial charge in [-0.25, -0.2) is 9.97 Å². The first-order valence-electron chi connectivity index (χ1n) is 11.4. The maximum atomic E-state index is 9.57. The van der Waals surface area contributed by atoms with Crippen LogP contribution in [0.5, 0.6) is 0 Å². The molecule has 1 aromatic heterocycles. The van der Waals surface area contributed by atoms with Crippen LogP contribution in [0.15, 0.2) is 109 Å². The number of hydrogen-bond donors (Lipinski definition) is 2. The first-order chi connectivity index (χ1) is 17.2. The van der Waals surface area contributed by atoms with Crippen LogP contribution in [0.25, 0.3) is 33.5 Å². The summed E-state index contributed by atoms with van der Waals surface area (Å²) in [6.07, 6.45) is 0. The van der Waals surface area contributed by atoms with Gasteiger partial charge in [0.25, 0.3) is 0 Å².